The quantitative estimate of drug-likeness (QED) is 0.461. The van der Waals surface area contributed by atoms with Crippen LogP contribution in [0, 0.1) is 20.8 Å². The lowest BCUT2D eigenvalue weighted by molar-refractivity contribution is -0.0648. The maximum atomic E-state index is 11.4. The summed E-state index contributed by atoms with van der Waals surface area (Å²) in [5, 5.41) is 11.4. The van der Waals surface area contributed by atoms with Crippen LogP contribution in [0.15, 0.2) is 49.1 Å². The van der Waals surface area contributed by atoms with Crippen LogP contribution >= 0.6 is 0 Å². The minimum atomic E-state index is -1.11. The normalized spacial score (nSPS) is 18.6. The van der Waals surface area contributed by atoms with E-state index < -0.39 is 5.60 Å². The first-order valence-electron chi connectivity index (χ1n) is 12.3. The van der Waals surface area contributed by atoms with Gasteiger partial charge in [0.05, 0.1) is 33.2 Å². The molecule has 0 amide bonds. The molecule has 8 nitrogen and oxygen atoms in total. The van der Waals surface area contributed by atoms with E-state index >= 15 is 0 Å². The summed E-state index contributed by atoms with van der Waals surface area (Å²) in [6, 6.07) is 10.1. The van der Waals surface area contributed by atoms with Gasteiger partial charge < -0.3 is 28.6 Å². The average Bonchev–Trinajstić information content (AvgIpc) is 3.30. The largest absolute Gasteiger partial charge is 0.493 e. The van der Waals surface area contributed by atoms with Gasteiger partial charge in [0.25, 0.3) is 0 Å². The van der Waals surface area contributed by atoms with Crippen molar-refractivity contribution in [1.82, 2.24) is 14.5 Å². The molecule has 1 N–H and O–H groups in total. The number of aryl methyl sites for hydroxylation is 2. The number of hydrogen-bond donors (Lipinski definition) is 1. The van der Waals surface area contributed by atoms with Crippen molar-refractivity contribution in [2.24, 2.45) is 0 Å². The molecule has 1 saturated heterocycles. The summed E-state index contributed by atoms with van der Waals surface area (Å²) in [4.78, 5) is 6.24. The van der Waals surface area contributed by atoms with Crippen molar-refractivity contribution >= 4 is 0 Å². The molecule has 0 unspecified atom stereocenters. The van der Waals surface area contributed by atoms with Crippen molar-refractivity contribution in [2.45, 2.75) is 39.5 Å². The molecule has 0 spiro atoms. The zero-order valence-electron chi connectivity index (χ0n) is 21.7. The standard InChI is InChI=1S/C28H37N3O5/c1-21-13-22(2)23(3)26(14-21)36-19-28(32)17-31(9-11-34-18-28)16-24-5-6-25(27(15-24)33-4)35-12-10-30-8-7-29-20-30/h5-8,13-15,20,32H,9-12,16-19H2,1-4H3/t28-/m0/s1. The highest BCUT2D eigenvalue weighted by molar-refractivity contribution is 5.43. The topological polar surface area (TPSA) is 78.2 Å². The number of nitrogens with zero attached hydrogens (tertiary/aromatic N) is 3. The number of aliphatic hydroxyl groups is 1. The average molecular weight is 496 g/mol. The fraction of sp³-hybridized carbons (Fsp3) is 0.464. The molecular formula is C28H37N3O5. The summed E-state index contributed by atoms with van der Waals surface area (Å²) >= 11 is 0. The second-order valence-corrected chi connectivity index (χ2v) is 9.62. The number of imidazole rings is 1. The van der Waals surface area contributed by atoms with Gasteiger partial charge in [-0.1, -0.05) is 12.1 Å². The van der Waals surface area contributed by atoms with Gasteiger partial charge in [-0.2, -0.15) is 0 Å². The monoisotopic (exact) mass is 495 g/mol. The number of aromatic nitrogens is 2. The van der Waals surface area contributed by atoms with Crippen LogP contribution in [0.2, 0.25) is 0 Å². The number of rotatable bonds is 10. The third kappa shape index (κ3) is 6.78. The van der Waals surface area contributed by atoms with Gasteiger partial charge in [0.1, 0.15) is 24.6 Å². The lowest BCUT2D eigenvalue weighted by Crippen LogP contribution is -2.48. The lowest BCUT2D eigenvalue weighted by atomic mass is 10.0. The van der Waals surface area contributed by atoms with E-state index in [1.54, 1.807) is 19.6 Å². The SMILES string of the molecule is COc1cc(CN2CCOC[C@](O)(COc3cc(C)cc(C)c3C)C2)ccc1OCCn1ccnc1. The Bertz CT molecular complexity index is 1130. The van der Waals surface area contributed by atoms with Gasteiger partial charge in [0.2, 0.25) is 0 Å². The van der Waals surface area contributed by atoms with Crippen molar-refractivity contribution in [3.8, 4) is 17.2 Å². The highest BCUT2D eigenvalue weighted by Crippen LogP contribution is 2.29. The van der Waals surface area contributed by atoms with E-state index in [2.05, 4.69) is 29.8 Å². The summed E-state index contributed by atoms with van der Waals surface area (Å²) in [5.41, 5.74) is 3.38. The van der Waals surface area contributed by atoms with Crippen LogP contribution in [0.4, 0.5) is 0 Å². The number of hydrogen-bond acceptors (Lipinski definition) is 7. The zero-order valence-corrected chi connectivity index (χ0v) is 21.7. The molecule has 2 heterocycles. The molecule has 3 aromatic rings. The van der Waals surface area contributed by atoms with E-state index in [4.69, 9.17) is 18.9 Å². The summed E-state index contributed by atoms with van der Waals surface area (Å²) in [6.07, 6.45) is 5.43. The Hall–Kier alpha value is -3.07. The van der Waals surface area contributed by atoms with E-state index in [0.29, 0.717) is 44.3 Å². The van der Waals surface area contributed by atoms with Gasteiger partial charge in [-0.25, -0.2) is 4.98 Å². The number of methoxy groups -OCH3 is 1. The van der Waals surface area contributed by atoms with Crippen LogP contribution in [-0.4, -0.2) is 71.8 Å². The van der Waals surface area contributed by atoms with Gasteiger partial charge in [0.15, 0.2) is 11.5 Å². The molecular weight excluding hydrogens is 458 g/mol. The predicted molar refractivity (Wildman–Crippen MR) is 138 cm³/mol. The lowest BCUT2D eigenvalue weighted by Gasteiger charge is -2.31. The fourth-order valence-electron chi connectivity index (χ4n) is 4.45. The molecule has 194 valence electrons. The first-order chi connectivity index (χ1) is 17.3. The van der Waals surface area contributed by atoms with Crippen molar-refractivity contribution in [2.75, 3.05) is 46.6 Å². The zero-order chi connectivity index (χ0) is 25.5. The van der Waals surface area contributed by atoms with Crippen LogP contribution in [0.5, 0.6) is 17.2 Å². The molecule has 2 aromatic carbocycles. The van der Waals surface area contributed by atoms with E-state index in [-0.39, 0.29) is 13.2 Å². The van der Waals surface area contributed by atoms with Gasteiger partial charge >= 0.3 is 0 Å². The Morgan fingerprint density at radius 2 is 1.94 bits per heavy atom. The molecule has 4 rings (SSSR count). The number of ether oxygens (including phenoxy) is 4. The summed E-state index contributed by atoms with van der Waals surface area (Å²) in [7, 11) is 1.65. The first-order valence-corrected chi connectivity index (χ1v) is 12.3. The van der Waals surface area contributed by atoms with Crippen molar-refractivity contribution in [1.29, 1.82) is 0 Å². The highest BCUT2D eigenvalue weighted by Gasteiger charge is 2.34. The molecule has 1 fully saturated rings. The molecule has 0 bridgehead atoms. The van der Waals surface area contributed by atoms with Crippen LogP contribution in [0.25, 0.3) is 0 Å². The van der Waals surface area contributed by atoms with Crippen molar-refractivity contribution < 1.29 is 24.1 Å². The molecule has 36 heavy (non-hydrogen) atoms. The van der Waals surface area contributed by atoms with E-state index in [0.717, 1.165) is 29.0 Å². The van der Waals surface area contributed by atoms with Crippen molar-refractivity contribution in [3.63, 3.8) is 0 Å². The second-order valence-electron chi connectivity index (χ2n) is 9.62. The third-order valence-corrected chi connectivity index (χ3v) is 6.50. The van der Waals surface area contributed by atoms with E-state index in [1.165, 1.54) is 5.56 Å². The molecule has 0 radical (unpaired) electrons. The van der Waals surface area contributed by atoms with Gasteiger partial charge in [0, 0.05) is 32.0 Å². The van der Waals surface area contributed by atoms with Crippen molar-refractivity contribution in [3.05, 3.63) is 71.3 Å². The van der Waals surface area contributed by atoms with Gasteiger partial charge in [-0.3, -0.25) is 4.90 Å². The molecule has 1 aliphatic heterocycles. The molecule has 0 aliphatic carbocycles. The maximum absolute atomic E-state index is 11.4. The summed E-state index contributed by atoms with van der Waals surface area (Å²) in [6.45, 7) is 10.2. The fourth-order valence-corrected chi connectivity index (χ4v) is 4.45. The molecule has 1 aliphatic rings. The molecule has 1 atom stereocenters. The minimum absolute atomic E-state index is 0.167. The first kappa shape index (κ1) is 26.0. The molecule has 1 aromatic heterocycles. The Kier molecular flexibility index (Phi) is 8.51. The van der Waals surface area contributed by atoms with E-state index in [9.17, 15) is 5.11 Å². The van der Waals surface area contributed by atoms with E-state index in [1.807, 2.05) is 42.0 Å². The van der Waals surface area contributed by atoms with Crippen LogP contribution in [0.1, 0.15) is 22.3 Å². The number of benzene rings is 2. The van der Waals surface area contributed by atoms with Crippen LogP contribution in [-0.2, 0) is 17.8 Å². The smallest absolute Gasteiger partial charge is 0.161 e. The molecule has 8 heteroatoms. The van der Waals surface area contributed by atoms with Crippen LogP contribution < -0.4 is 14.2 Å². The maximum Gasteiger partial charge on any atom is 0.161 e. The number of β-amino-alcohol motifs (C(OH)–C–C–N with tert-alkyl or cyclic N) is 1. The highest BCUT2D eigenvalue weighted by atomic mass is 16.5. The molecule has 0 saturated carbocycles. The third-order valence-electron chi connectivity index (χ3n) is 6.50. The Labute approximate surface area is 213 Å². The Morgan fingerprint density at radius 3 is 2.72 bits per heavy atom. The summed E-state index contributed by atoms with van der Waals surface area (Å²) < 4.78 is 25.4. The van der Waals surface area contributed by atoms with Crippen LogP contribution in [0.3, 0.4) is 0 Å². The summed E-state index contributed by atoms with van der Waals surface area (Å²) in [5.74, 6) is 2.20. The van der Waals surface area contributed by atoms with Gasteiger partial charge in [-0.15, -0.1) is 0 Å². The second kappa shape index (κ2) is 11.8. The Morgan fingerprint density at radius 1 is 1.08 bits per heavy atom. The minimum Gasteiger partial charge on any atom is -0.493 e. The Balaban J connectivity index is 1.37. The van der Waals surface area contributed by atoms with Gasteiger partial charge in [-0.05, 0) is 61.2 Å². The predicted octanol–water partition coefficient (Wildman–Crippen LogP) is 3.54.